The van der Waals surface area contributed by atoms with Gasteiger partial charge in [0.25, 0.3) is 5.69 Å². The van der Waals surface area contributed by atoms with Gasteiger partial charge in [0.15, 0.2) is 5.69 Å². The normalized spacial score (nSPS) is 11.6. The van der Waals surface area contributed by atoms with Crippen LogP contribution in [-0.2, 0) is 10.9 Å². The molecule has 0 saturated heterocycles. The molecule has 0 unspecified atom stereocenters. The number of rotatable bonds is 8. The Morgan fingerprint density at radius 3 is 2.32 bits per heavy atom. The monoisotopic (exact) mass is 385 g/mol. The van der Waals surface area contributed by atoms with Crippen LogP contribution in [0.15, 0.2) is 6.07 Å². The van der Waals surface area contributed by atoms with Gasteiger partial charge in [-0.05, 0) is 20.3 Å². The fourth-order valence-corrected chi connectivity index (χ4v) is 2.26. The van der Waals surface area contributed by atoms with Gasteiger partial charge in [-0.1, -0.05) is 11.6 Å². The van der Waals surface area contributed by atoms with Crippen LogP contribution < -0.4 is 5.32 Å². The molecule has 1 N–H and O–H groups in total. The molecule has 0 saturated carbocycles. The molecule has 0 heterocycles. The molecule has 0 aromatic heterocycles. The van der Waals surface area contributed by atoms with Gasteiger partial charge in [-0.15, -0.1) is 0 Å². The number of nitrogens with one attached hydrogen (secondary N) is 1. The quantitative estimate of drug-likeness (QED) is 0.403. The number of anilines is 1. The van der Waals surface area contributed by atoms with E-state index in [1.807, 2.05) is 0 Å². The largest absolute Gasteiger partial charge is 0.418 e. The highest BCUT2D eigenvalue weighted by atomic mass is 35.5. The van der Waals surface area contributed by atoms with E-state index in [9.17, 15) is 33.4 Å². The zero-order valence-electron chi connectivity index (χ0n) is 13.2. The van der Waals surface area contributed by atoms with Crippen molar-refractivity contribution in [3.8, 4) is 0 Å². The summed E-state index contributed by atoms with van der Waals surface area (Å²) in [5.74, 6) is 0. The molecular formula is C13H15ClF3N3O5. The highest BCUT2D eigenvalue weighted by Crippen LogP contribution is 2.47. The molecule has 1 aromatic carbocycles. The first-order chi connectivity index (χ1) is 11.5. The summed E-state index contributed by atoms with van der Waals surface area (Å²) in [6, 6.07) is 0.183. The summed E-state index contributed by atoms with van der Waals surface area (Å²) in [5.41, 5.74) is -4.57. The van der Waals surface area contributed by atoms with Crippen molar-refractivity contribution >= 4 is 28.7 Å². The lowest BCUT2D eigenvalue weighted by molar-refractivity contribution is -0.392. The molecule has 0 aliphatic carbocycles. The third-order valence-electron chi connectivity index (χ3n) is 2.98. The van der Waals surface area contributed by atoms with Crippen LogP contribution in [0.4, 0.5) is 30.2 Å². The maximum Gasteiger partial charge on any atom is 0.418 e. The molecule has 0 aliphatic heterocycles. The first-order valence-corrected chi connectivity index (χ1v) is 7.42. The number of nitro groups is 2. The summed E-state index contributed by atoms with van der Waals surface area (Å²) in [4.78, 5) is 19.9. The van der Waals surface area contributed by atoms with Crippen LogP contribution in [-0.4, -0.2) is 29.1 Å². The molecule has 25 heavy (non-hydrogen) atoms. The molecule has 0 amide bonds. The fourth-order valence-electron chi connectivity index (χ4n) is 1.93. The Kier molecular flexibility index (Phi) is 6.94. The Morgan fingerprint density at radius 2 is 1.88 bits per heavy atom. The molecule has 0 fully saturated rings. The molecular weight excluding hydrogens is 371 g/mol. The van der Waals surface area contributed by atoms with Crippen molar-refractivity contribution in [2.24, 2.45) is 0 Å². The van der Waals surface area contributed by atoms with Crippen LogP contribution in [0.5, 0.6) is 0 Å². The number of nitrogens with zero attached hydrogens (tertiary/aromatic N) is 2. The van der Waals surface area contributed by atoms with Crippen molar-refractivity contribution < 1.29 is 27.8 Å². The zero-order valence-corrected chi connectivity index (χ0v) is 14.0. The van der Waals surface area contributed by atoms with Gasteiger partial charge >= 0.3 is 11.9 Å². The number of benzene rings is 1. The number of hydrogen-bond donors (Lipinski definition) is 1. The maximum atomic E-state index is 12.9. The van der Waals surface area contributed by atoms with Gasteiger partial charge in [-0.2, -0.15) is 13.2 Å². The summed E-state index contributed by atoms with van der Waals surface area (Å²) in [7, 11) is 0. The van der Waals surface area contributed by atoms with Crippen molar-refractivity contribution in [3.05, 3.63) is 36.9 Å². The second kappa shape index (κ2) is 8.30. The van der Waals surface area contributed by atoms with Crippen LogP contribution in [0, 0.1) is 20.2 Å². The van der Waals surface area contributed by atoms with Crippen molar-refractivity contribution in [2.45, 2.75) is 32.5 Å². The van der Waals surface area contributed by atoms with Crippen LogP contribution in [0.3, 0.4) is 0 Å². The van der Waals surface area contributed by atoms with E-state index in [0.717, 1.165) is 0 Å². The second-order valence-electron chi connectivity index (χ2n) is 5.19. The average molecular weight is 386 g/mol. The number of alkyl halides is 3. The highest BCUT2D eigenvalue weighted by Gasteiger charge is 2.41. The maximum absolute atomic E-state index is 12.9. The van der Waals surface area contributed by atoms with E-state index in [-0.39, 0.29) is 25.3 Å². The minimum Gasteiger partial charge on any atom is -0.379 e. The van der Waals surface area contributed by atoms with Crippen molar-refractivity contribution in [1.82, 2.24) is 0 Å². The molecule has 8 nitrogen and oxygen atoms in total. The lowest BCUT2D eigenvalue weighted by Gasteiger charge is -2.14. The molecule has 0 atom stereocenters. The average Bonchev–Trinajstić information content (AvgIpc) is 2.44. The molecule has 0 radical (unpaired) electrons. The van der Waals surface area contributed by atoms with Gasteiger partial charge in [0.1, 0.15) is 5.02 Å². The van der Waals surface area contributed by atoms with Crippen LogP contribution in [0.25, 0.3) is 0 Å². The summed E-state index contributed by atoms with van der Waals surface area (Å²) in [6.07, 6.45) is -4.80. The van der Waals surface area contributed by atoms with Gasteiger partial charge in [0, 0.05) is 19.2 Å². The Balaban J connectivity index is 3.27. The molecule has 0 spiro atoms. The van der Waals surface area contributed by atoms with Crippen LogP contribution >= 0.6 is 11.6 Å². The van der Waals surface area contributed by atoms with Crippen molar-refractivity contribution in [3.63, 3.8) is 0 Å². The standard InChI is InChI=1S/C13H15ClF3N3O5/c1-7(2)25-5-3-4-18-11-9(19(21)22)6-8(13(15,16)17)10(14)12(11)20(23)24/h6-7,18H,3-5H2,1-2H3. The first kappa shape index (κ1) is 20.9. The van der Waals surface area contributed by atoms with E-state index in [0.29, 0.717) is 6.42 Å². The molecule has 0 bridgehead atoms. The summed E-state index contributed by atoms with van der Waals surface area (Å²) in [6.45, 7) is 3.86. The summed E-state index contributed by atoms with van der Waals surface area (Å²) in [5, 5.41) is 23.4. The number of hydrogen-bond acceptors (Lipinski definition) is 6. The Hall–Kier alpha value is -2.14. The number of halogens is 4. The van der Waals surface area contributed by atoms with Gasteiger partial charge in [0.05, 0.1) is 21.5 Å². The first-order valence-electron chi connectivity index (χ1n) is 7.04. The van der Waals surface area contributed by atoms with E-state index in [1.54, 1.807) is 13.8 Å². The van der Waals surface area contributed by atoms with E-state index in [4.69, 9.17) is 16.3 Å². The third-order valence-corrected chi connectivity index (χ3v) is 3.36. The van der Waals surface area contributed by atoms with Crippen LogP contribution in [0.1, 0.15) is 25.8 Å². The summed E-state index contributed by atoms with van der Waals surface area (Å²) < 4.78 is 44.0. The predicted molar refractivity (Wildman–Crippen MR) is 84.0 cm³/mol. The smallest absolute Gasteiger partial charge is 0.379 e. The molecule has 1 rings (SSSR count). The Morgan fingerprint density at radius 1 is 1.28 bits per heavy atom. The minimum absolute atomic E-state index is 0.0100. The zero-order chi connectivity index (χ0) is 19.4. The fraction of sp³-hybridized carbons (Fsp3) is 0.538. The van der Waals surface area contributed by atoms with E-state index in [1.165, 1.54) is 0 Å². The topological polar surface area (TPSA) is 108 Å². The Bertz CT molecular complexity index is 667. The van der Waals surface area contributed by atoms with E-state index < -0.39 is 43.7 Å². The molecule has 140 valence electrons. The molecule has 0 aliphatic rings. The highest BCUT2D eigenvalue weighted by molar-refractivity contribution is 6.34. The molecule has 12 heteroatoms. The second-order valence-corrected chi connectivity index (χ2v) is 5.57. The SMILES string of the molecule is CC(C)OCCCNc1c([N+](=O)[O-])cc(C(F)(F)F)c(Cl)c1[N+](=O)[O-]. The number of ether oxygens (including phenoxy) is 1. The van der Waals surface area contributed by atoms with Gasteiger partial charge < -0.3 is 10.1 Å². The molecule has 1 aromatic rings. The van der Waals surface area contributed by atoms with Crippen molar-refractivity contribution in [2.75, 3.05) is 18.5 Å². The predicted octanol–water partition coefficient (Wildman–Crippen LogP) is 4.40. The Labute approximate surface area is 145 Å². The third kappa shape index (κ3) is 5.43. The van der Waals surface area contributed by atoms with Crippen molar-refractivity contribution in [1.29, 1.82) is 0 Å². The van der Waals surface area contributed by atoms with Gasteiger partial charge in [0.2, 0.25) is 0 Å². The lowest BCUT2D eigenvalue weighted by Crippen LogP contribution is -2.14. The van der Waals surface area contributed by atoms with Gasteiger partial charge in [-0.25, -0.2) is 0 Å². The van der Waals surface area contributed by atoms with Gasteiger partial charge in [-0.3, -0.25) is 20.2 Å². The van der Waals surface area contributed by atoms with E-state index in [2.05, 4.69) is 5.32 Å². The minimum atomic E-state index is -5.07. The summed E-state index contributed by atoms with van der Waals surface area (Å²) >= 11 is 5.50. The van der Waals surface area contributed by atoms with E-state index >= 15 is 0 Å². The lowest BCUT2D eigenvalue weighted by atomic mass is 10.1. The number of nitro benzene ring substituents is 2. The van der Waals surface area contributed by atoms with Crippen LogP contribution in [0.2, 0.25) is 5.02 Å².